The zero-order valence-electron chi connectivity index (χ0n) is 13.8. The molecular weight excluding hydrogens is 432 g/mol. The molecule has 1 saturated heterocycles. The number of aliphatic carboxylic acids is 1. The predicted octanol–water partition coefficient (Wildman–Crippen LogP) is 4.24. The van der Waals surface area contributed by atoms with E-state index in [4.69, 9.17) is 33.7 Å². The third-order valence-corrected chi connectivity index (χ3v) is 4.96. The van der Waals surface area contributed by atoms with Gasteiger partial charge in [-0.15, -0.1) is 0 Å². The summed E-state index contributed by atoms with van der Waals surface area (Å²) in [5.41, 5.74) is 0.752. The minimum atomic E-state index is -1.24. The number of rotatable bonds is 5. The standard InChI is InChI=1S/C18H10ClF2NO4S2/c19-10-3-9(5-14-17(25)22-18(27)28-14)16(26-7-15(23)24)11(6-10)8-1-2-12(20)13(21)4-8/h1-6H,7H2,(H,23,24)(H,22,25,27). The van der Waals surface area contributed by atoms with Crippen molar-refractivity contribution < 1.29 is 28.2 Å². The van der Waals surface area contributed by atoms with E-state index in [1.54, 1.807) is 0 Å². The number of halogens is 3. The smallest absolute Gasteiger partial charge is 0.341 e. The molecule has 2 N–H and O–H groups in total. The Balaban J connectivity index is 2.18. The molecule has 3 rings (SSSR count). The van der Waals surface area contributed by atoms with Crippen LogP contribution in [0.15, 0.2) is 35.2 Å². The van der Waals surface area contributed by atoms with Crippen molar-refractivity contribution in [2.75, 3.05) is 6.61 Å². The quantitative estimate of drug-likeness (QED) is 0.534. The van der Waals surface area contributed by atoms with Crippen LogP contribution in [0.4, 0.5) is 8.78 Å². The summed E-state index contributed by atoms with van der Waals surface area (Å²) in [7, 11) is 0. The molecule has 0 aliphatic carbocycles. The fraction of sp³-hybridized carbons (Fsp3) is 0.0556. The lowest BCUT2D eigenvalue weighted by atomic mass is 10.0. The Bertz CT molecular complexity index is 1040. The maximum absolute atomic E-state index is 13.7. The maximum atomic E-state index is 13.7. The van der Waals surface area contributed by atoms with Gasteiger partial charge in [-0.2, -0.15) is 0 Å². The van der Waals surface area contributed by atoms with Gasteiger partial charge in [0.1, 0.15) is 10.1 Å². The minimum absolute atomic E-state index is 0.0523. The molecule has 0 aromatic heterocycles. The number of thiocarbonyl (C=S) groups is 1. The molecule has 0 spiro atoms. The molecule has 1 amide bonds. The van der Waals surface area contributed by atoms with E-state index in [-0.39, 0.29) is 36.7 Å². The van der Waals surface area contributed by atoms with Crippen molar-refractivity contribution in [1.82, 2.24) is 5.32 Å². The van der Waals surface area contributed by atoms with Crippen molar-refractivity contribution >= 4 is 57.9 Å². The van der Waals surface area contributed by atoms with E-state index in [2.05, 4.69) is 5.32 Å². The van der Waals surface area contributed by atoms with Gasteiger partial charge in [0.15, 0.2) is 18.2 Å². The summed E-state index contributed by atoms with van der Waals surface area (Å²) in [4.78, 5) is 23.2. The van der Waals surface area contributed by atoms with E-state index in [0.29, 0.717) is 0 Å². The maximum Gasteiger partial charge on any atom is 0.341 e. The third kappa shape index (κ3) is 4.49. The lowest BCUT2D eigenvalue weighted by Crippen LogP contribution is -2.17. The van der Waals surface area contributed by atoms with Gasteiger partial charge in [0.05, 0.1) is 4.91 Å². The summed E-state index contributed by atoms with van der Waals surface area (Å²) in [6.45, 7) is -0.688. The minimum Gasteiger partial charge on any atom is -0.481 e. The molecule has 10 heteroatoms. The van der Waals surface area contributed by atoms with Gasteiger partial charge in [0, 0.05) is 16.1 Å². The number of ether oxygens (including phenoxy) is 1. The Morgan fingerprint density at radius 2 is 2.04 bits per heavy atom. The number of amides is 1. The van der Waals surface area contributed by atoms with Gasteiger partial charge in [-0.25, -0.2) is 13.6 Å². The summed E-state index contributed by atoms with van der Waals surface area (Å²) >= 11 is 12.1. The van der Waals surface area contributed by atoms with Crippen molar-refractivity contribution in [3.63, 3.8) is 0 Å². The third-order valence-electron chi connectivity index (χ3n) is 3.58. The second kappa shape index (κ2) is 8.26. The topological polar surface area (TPSA) is 75.6 Å². The molecule has 0 atom stereocenters. The second-order valence-electron chi connectivity index (χ2n) is 5.54. The van der Waals surface area contributed by atoms with Crippen LogP contribution in [0.3, 0.4) is 0 Å². The number of carboxylic acid groups (broad SMARTS) is 1. The summed E-state index contributed by atoms with van der Waals surface area (Å²) in [6.07, 6.45) is 1.44. The van der Waals surface area contributed by atoms with Crippen LogP contribution in [0.1, 0.15) is 5.56 Å². The van der Waals surface area contributed by atoms with E-state index in [0.717, 1.165) is 23.9 Å². The first kappa shape index (κ1) is 20.2. The van der Waals surface area contributed by atoms with Gasteiger partial charge in [0.25, 0.3) is 5.91 Å². The molecule has 0 saturated carbocycles. The highest BCUT2D eigenvalue weighted by atomic mass is 35.5. The highest BCUT2D eigenvalue weighted by molar-refractivity contribution is 8.26. The number of hydrogen-bond donors (Lipinski definition) is 2. The van der Waals surface area contributed by atoms with Crippen molar-refractivity contribution in [2.24, 2.45) is 0 Å². The average molecular weight is 442 g/mol. The highest BCUT2D eigenvalue weighted by Gasteiger charge is 2.24. The van der Waals surface area contributed by atoms with E-state index in [9.17, 15) is 18.4 Å². The van der Waals surface area contributed by atoms with Gasteiger partial charge in [-0.1, -0.05) is 41.6 Å². The van der Waals surface area contributed by atoms with E-state index < -0.39 is 30.1 Å². The number of benzene rings is 2. The van der Waals surface area contributed by atoms with Crippen LogP contribution >= 0.6 is 35.6 Å². The van der Waals surface area contributed by atoms with Crippen molar-refractivity contribution in [2.45, 2.75) is 0 Å². The Labute approximate surface area is 172 Å². The monoisotopic (exact) mass is 441 g/mol. The van der Waals surface area contributed by atoms with Crippen LogP contribution in [0.5, 0.6) is 5.75 Å². The number of nitrogens with one attached hydrogen (secondary N) is 1. The van der Waals surface area contributed by atoms with Gasteiger partial charge in [-0.05, 0) is 35.9 Å². The molecule has 5 nitrogen and oxygen atoms in total. The largest absolute Gasteiger partial charge is 0.481 e. The van der Waals surface area contributed by atoms with Crippen LogP contribution in [-0.4, -0.2) is 27.9 Å². The van der Waals surface area contributed by atoms with Crippen molar-refractivity contribution in [3.05, 3.63) is 57.5 Å². The normalized spacial score (nSPS) is 15.0. The average Bonchev–Trinajstić information content (AvgIpc) is 2.93. The van der Waals surface area contributed by atoms with Crippen molar-refractivity contribution in [3.8, 4) is 16.9 Å². The first-order valence-corrected chi connectivity index (χ1v) is 9.23. The highest BCUT2D eigenvalue weighted by Crippen LogP contribution is 2.39. The lowest BCUT2D eigenvalue weighted by Gasteiger charge is -2.15. The van der Waals surface area contributed by atoms with Crippen LogP contribution in [0, 0.1) is 11.6 Å². The number of carboxylic acids is 1. The van der Waals surface area contributed by atoms with Crippen LogP contribution in [0.25, 0.3) is 17.2 Å². The molecular formula is C18H10ClF2NO4S2. The number of carbonyl (C=O) groups is 2. The summed E-state index contributed by atoms with van der Waals surface area (Å²) < 4.78 is 32.7. The van der Waals surface area contributed by atoms with Crippen LogP contribution < -0.4 is 10.1 Å². The first-order valence-electron chi connectivity index (χ1n) is 7.63. The van der Waals surface area contributed by atoms with Gasteiger partial charge >= 0.3 is 5.97 Å². The molecule has 1 fully saturated rings. The van der Waals surface area contributed by atoms with E-state index in [1.165, 1.54) is 24.3 Å². The van der Waals surface area contributed by atoms with E-state index >= 15 is 0 Å². The number of thioether (sulfide) groups is 1. The molecule has 2 aromatic carbocycles. The number of hydrogen-bond acceptors (Lipinski definition) is 5. The molecule has 0 unspecified atom stereocenters. The van der Waals surface area contributed by atoms with Crippen LogP contribution in [-0.2, 0) is 9.59 Å². The van der Waals surface area contributed by atoms with Crippen LogP contribution in [0.2, 0.25) is 5.02 Å². The molecule has 1 aliphatic heterocycles. The zero-order chi connectivity index (χ0) is 20.4. The zero-order valence-corrected chi connectivity index (χ0v) is 16.2. The Morgan fingerprint density at radius 3 is 2.64 bits per heavy atom. The van der Waals surface area contributed by atoms with Gasteiger partial charge in [0.2, 0.25) is 0 Å². The van der Waals surface area contributed by atoms with E-state index in [1.807, 2.05) is 0 Å². The van der Waals surface area contributed by atoms with Gasteiger partial charge < -0.3 is 15.2 Å². The lowest BCUT2D eigenvalue weighted by molar-refractivity contribution is -0.139. The first-order chi connectivity index (χ1) is 13.2. The summed E-state index contributed by atoms with van der Waals surface area (Å²) in [6, 6.07) is 6.08. The Hall–Kier alpha value is -2.49. The fourth-order valence-corrected chi connectivity index (χ4v) is 3.72. The Morgan fingerprint density at radius 1 is 1.29 bits per heavy atom. The van der Waals surface area contributed by atoms with Gasteiger partial charge in [-0.3, -0.25) is 4.79 Å². The Kier molecular flexibility index (Phi) is 5.97. The molecule has 2 aromatic rings. The molecule has 1 aliphatic rings. The number of carbonyl (C=O) groups excluding carboxylic acids is 1. The predicted molar refractivity (Wildman–Crippen MR) is 106 cm³/mol. The van der Waals surface area contributed by atoms with Crippen molar-refractivity contribution in [1.29, 1.82) is 0 Å². The summed E-state index contributed by atoms with van der Waals surface area (Å²) in [5.74, 6) is -3.73. The molecule has 0 bridgehead atoms. The SMILES string of the molecule is O=C(O)COc1c(C=C2SC(=S)NC2=O)cc(Cl)cc1-c1ccc(F)c(F)c1. The summed E-state index contributed by atoms with van der Waals surface area (Å²) in [5, 5.41) is 11.6. The second-order valence-corrected chi connectivity index (χ2v) is 7.69. The molecule has 0 radical (unpaired) electrons. The fourth-order valence-electron chi connectivity index (χ4n) is 2.46. The molecule has 28 heavy (non-hydrogen) atoms. The molecule has 144 valence electrons. The molecule has 1 heterocycles.